The molecule has 0 bridgehead atoms. The van der Waals surface area contributed by atoms with E-state index in [4.69, 9.17) is 0 Å². The molecule has 0 saturated heterocycles. The van der Waals surface area contributed by atoms with Crippen molar-refractivity contribution < 1.29 is 5.11 Å². The topological polar surface area (TPSA) is 20.2 Å². The molecule has 0 fully saturated rings. The summed E-state index contributed by atoms with van der Waals surface area (Å²) in [4.78, 5) is 0. The van der Waals surface area contributed by atoms with Crippen LogP contribution in [0.1, 0.15) is 26.2 Å². The summed E-state index contributed by atoms with van der Waals surface area (Å²) in [6.07, 6.45) is 4.91. The highest BCUT2D eigenvalue weighted by atomic mass is 28.3. The summed E-state index contributed by atoms with van der Waals surface area (Å²) in [6.45, 7) is 17.1. The van der Waals surface area contributed by atoms with Gasteiger partial charge in [0.1, 0.15) is 21.4 Å². The van der Waals surface area contributed by atoms with Crippen molar-refractivity contribution in [2.24, 2.45) is 0 Å². The number of allylic oxidation sites excluding steroid dienone is 1. The molecule has 0 aromatic heterocycles. The summed E-state index contributed by atoms with van der Waals surface area (Å²) in [7, 11) is -3.24. The molecule has 1 N–H and O–H groups in total. The van der Waals surface area contributed by atoms with E-state index < -0.39 is 21.4 Å². The highest BCUT2D eigenvalue weighted by Crippen LogP contribution is 2.29. The standard InChI is InChI=1S/C15H30OSi2/c1-8-10-11-15(16,12-14-17(3,4)5)18(6,7)13-9-2/h9,16H,2,8,10-11,13H2,1,3-7H3/t15-/m0/s1. The van der Waals surface area contributed by atoms with Gasteiger partial charge in [0, 0.05) is 0 Å². The van der Waals surface area contributed by atoms with Crippen molar-refractivity contribution in [1.82, 2.24) is 0 Å². The third kappa shape index (κ3) is 5.56. The van der Waals surface area contributed by atoms with Crippen LogP contribution in [0.2, 0.25) is 38.8 Å². The molecule has 3 heteroatoms. The normalized spacial score (nSPS) is 15.5. The van der Waals surface area contributed by atoms with Crippen LogP contribution in [0.4, 0.5) is 0 Å². The molecule has 0 spiro atoms. The molecule has 0 radical (unpaired) electrons. The van der Waals surface area contributed by atoms with E-state index >= 15 is 0 Å². The predicted molar refractivity (Wildman–Crippen MR) is 88.1 cm³/mol. The summed E-state index contributed by atoms with van der Waals surface area (Å²) in [5, 5.41) is 10.3. The van der Waals surface area contributed by atoms with Gasteiger partial charge < -0.3 is 5.11 Å². The Morgan fingerprint density at radius 2 is 1.78 bits per heavy atom. The number of hydrogen-bond acceptors (Lipinski definition) is 1. The van der Waals surface area contributed by atoms with Gasteiger partial charge in [-0.25, -0.2) is 0 Å². The van der Waals surface area contributed by atoms with Gasteiger partial charge in [-0.2, -0.15) is 0 Å². The lowest BCUT2D eigenvalue weighted by atomic mass is 10.1. The first-order chi connectivity index (χ1) is 8.08. The average Bonchev–Trinajstić information content (AvgIpc) is 2.22. The Kier molecular flexibility index (Phi) is 6.63. The Morgan fingerprint density at radius 1 is 1.22 bits per heavy atom. The molecule has 0 rings (SSSR count). The SMILES string of the molecule is C=CC[Si](C)(C)[C@](O)(C#C[Si](C)(C)C)CCCC. The van der Waals surface area contributed by atoms with Crippen LogP contribution >= 0.6 is 0 Å². The maximum absolute atomic E-state index is 11.0. The minimum absolute atomic E-state index is 0.752. The number of hydrogen-bond donors (Lipinski definition) is 1. The van der Waals surface area contributed by atoms with E-state index in [2.05, 4.69) is 57.7 Å². The maximum atomic E-state index is 11.0. The van der Waals surface area contributed by atoms with Crippen LogP contribution in [0.15, 0.2) is 12.7 Å². The highest BCUT2D eigenvalue weighted by Gasteiger charge is 2.42. The molecule has 0 aromatic rings. The molecule has 1 nitrogen and oxygen atoms in total. The van der Waals surface area contributed by atoms with Crippen molar-refractivity contribution in [1.29, 1.82) is 0 Å². The molecule has 104 valence electrons. The van der Waals surface area contributed by atoms with Crippen molar-refractivity contribution in [3.05, 3.63) is 12.7 Å². The van der Waals surface area contributed by atoms with Crippen LogP contribution in [-0.4, -0.2) is 26.5 Å². The third-order valence-electron chi connectivity index (χ3n) is 3.31. The Balaban J connectivity index is 5.27. The van der Waals surface area contributed by atoms with Gasteiger partial charge in [0.15, 0.2) is 0 Å². The van der Waals surface area contributed by atoms with Crippen LogP contribution < -0.4 is 0 Å². The number of unbranched alkanes of at least 4 members (excludes halogenated alkanes) is 1. The second-order valence-corrected chi connectivity index (χ2v) is 16.6. The van der Waals surface area contributed by atoms with Gasteiger partial charge in [0.25, 0.3) is 0 Å². The Morgan fingerprint density at radius 3 is 2.17 bits per heavy atom. The van der Waals surface area contributed by atoms with Crippen molar-refractivity contribution >= 4 is 16.1 Å². The fraction of sp³-hybridized carbons (Fsp3) is 0.733. The molecule has 0 amide bonds. The van der Waals surface area contributed by atoms with E-state index in [-0.39, 0.29) is 0 Å². The van der Waals surface area contributed by atoms with Crippen LogP contribution in [0.5, 0.6) is 0 Å². The van der Waals surface area contributed by atoms with Crippen molar-refractivity contribution in [3.63, 3.8) is 0 Å². The van der Waals surface area contributed by atoms with Gasteiger partial charge in [0.05, 0.1) is 0 Å². The molecule has 0 aromatic carbocycles. The minimum Gasteiger partial charge on any atom is -0.381 e. The largest absolute Gasteiger partial charge is 0.381 e. The van der Waals surface area contributed by atoms with Gasteiger partial charge in [-0.05, 0) is 12.5 Å². The van der Waals surface area contributed by atoms with E-state index in [0.717, 1.165) is 25.3 Å². The lowest BCUT2D eigenvalue weighted by Gasteiger charge is -2.37. The van der Waals surface area contributed by atoms with Gasteiger partial charge in [-0.1, -0.05) is 64.5 Å². The zero-order valence-corrected chi connectivity index (χ0v) is 15.1. The third-order valence-corrected chi connectivity index (χ3v) is 8.11. The first-order valence-corrected chi connectivity index (χ1v) is 13.7. The molecule has 0 unspecified atom stereocenters. The molecule has 0 heterocycles. The Hall–Kier alpha value is -0.306. The maximum Gasteiger partial charge on any atom is 0.129 e. The van der Waals surface area contributed by atoms with Crippen LogP contribution in [0, 0.1) is 11.5 Å². The first kappa shape index (κ1) is 17.7. The summed E-state index contributed by atoms with van der Waals surface area (Å²) in [5.41, 5.74) is 3.38. The average molecular weight is 283 g/mol. The predicted octanol–water partition coefficient (Wildman–Crippen LogP) is 4.22. The number of rotatable bonds is 6. The summed E-state index contributed by atoms with van der Waals surface area (Å²) in [6, 6.07) is 0.924. The van der Waals surface area contributed by atoms with Gasteiger partial charge in [0.2, 0.25) is 0 Å². The van der Waals surface area contributed by atoms with E-state index in [1.165, 1.54) is 0 Å². The summed E-state index contributed by atoms with van der Waals surface area (Å²) >= 11 is 0. The molecule has 18 heavy (non-hydrogen) atoms. The number of aliphatic hydroxyl groups is 1. The molecular weight excluding hydrogens is 252 g/mol. The fourth-order valence-electron chi connectivity index (χ4n) is 1.82. The van der Waals surface area contributed by atoms with Gasteiger partial charge in [-0.3, -0.25) is 0 Å². The summed E-state index contributed by atoms with van der Waals surface area (Å²) in [5.74, 6) is 3.28. The second kappa shape index (κ2) is 6.74. The van der Waals surface area contributed by atoms with Gasteiger partial charge >= 0.3 is 0 Å². The Labute approximate surface area is 116 Å². The zero-order chi connectivity index (χ0) is 14.4. The monoisotopic (exact) mass is 282 g/mol. The van der Waals surface area contributed by atoms with E-state index in [0.29, 0.717) is 0 Å². The first-order valence-electron chi connectivity index (χ1n) is 6.95. The fourth-order valence-corrected chi connectivity index (χ4v) is 4.84. The lowest BCUT2D eigenvalue weighted by Crippen LogP contribution is -2.53. The highest BCUT2D eigenvalue weighted by molar-refractivity contribution is 6.84. The van der Waals surface area contributed by atoms with Crippen LogP contribution in [-0.2, 0) is 0 Å². The van der Waals surface area contributed by atoms with E-state index in [1.54, 1.807) is 0 Å². The molecule has 0 saturated carbocycles. The van der Waals surface area contributed by atoms with Crippen LogP contribution in [0.25, 0.3) is 0 Å². The molecule has 0 aliphatic rings. The van der Waals surface area contributed by atoms with Gasteiger partial charge in [-0.15, -0.1) is 12.1 Å². The second-order valence-electron chi connectivity index (χ2n) is 6.84. The van der Waals surface area contributed by atoms with Crippen molar-refractivity contribution in [2.45, 2.75) is 70.2 Å². The molecule has 0 aliphatic carbocycles. The Bertz CT molecular complexity index is 331. The van der Waals surface area contributed by atoms with E-state index in [9.17, 15) is 5.11 Å². The van der Waals surface area contributed by atoms with E-state index in [1.807, 2.05) is 6.08 Å². The summed E-state index contributed by atoms with van der Waals surface area (Å²) < 4.78 is 0. The smallest absolute Gasteiger partial charge is 0.129 e. The molecular formula is C15H30OSi2. The lowest BCUT2D eigenvalue weighted by molar-refractivity contribution is 0.161. The van der Waals surface area contributed by atoms with Crippen molar-refractivity contribution in [2.75, 3.05) is 0 Å². The minimum atomic E-state index is -1.81. The molecule has 1 atom stereocenters. The molecule has 0 aliphatic heterocycles. The zero-order valence-electron chi connectivity index (χ0n) is 13.1. The quantitative estimate of drug-likeness (QED) is 0.439. The van der Waals surface area contributed by atoms with Crippen LogP contribution in [0.3, 0.4) is 0 Å². The van der Waals surface area contributed by atoms with Crippen molar-refractivity contribution in [3.8, 4) is 11.5 Å².